The zero-order chi connectivity index (χ0) is 16.7. The minimum atomic E-state index is -0.308. The van der Waals surface area contributed by atoms with Crippen LogP contribution in [0.1, 0.15) is 35.7 Å². The van der Waals surface area contributed by atoms with Crippen LogP contribution in [0.2, 0.25) is 0 Å². The molecule has 3 aliphatic heterocycles. The first-order valence-corrected chi connectivity index (χ1v) is 8.29. The Balaban J connectivity index is 1.55. The third kappa shape index (κ3) is 2.69. The SMILES string of the molecule is Cc1nc(C(=O)NC23CCN(CC2)CC3)nn1-c1ccc(F)cc1. The first kappa shape index (κ1) is 15.3. The van der Waals surface area contributed by atoms with Gasteiger partial charge < -0.3 is 10.2 Å². The molecule has 0 aliphatic carbocycles. The fourth-order valence-corrected chi connectivity index (χ4v) is 3.62. The van der Waals surface area contributed by atoms with Crippen molar-refractivity contribution in [3.05, 3.63) is 41.7 Å². The number of halogens is 1. The molecule has 1 aromatic carbocycles. The second-order valence-electron chi connectivity index (χ2n) is 6.70. The average molecular weight is 329 g/mol. The molecule has 1 amide bonds. The summed E-state index contributed by atoms with van der Waals surface area (Å²) in [6.45, 7) is 4.90. The Hall–Kier alpha value is -2.28. The summed E-state index contributed by atoms with van der Waals surface area (Å²) < 4.78 is 14.6. The highest BCUT2D eigenvalue weighted by molar-refractivity contribution is 5.91. The second kappa shape index (κ2) is 5.66. The number of piperidine rings is 3. The number of aromatic nitrogens is 3. The molecule has 3 saturated heterocycles. The van der Waals surface area contributed by atoms with Crippen LogP contribution in [0.25, 0.3) is 5.69 Å². The summed E-state index contributed by atoms with van der Waals surface area (Å²) in [5.41, 5.74) is 0.575. The molecule has 2 aromatic rings. The number of rotatable bonds is 3. The number of aryl methyl sites for hydroxylation is 1. The fraction of sp³-hybridized carbons (Fsp3) is 0.471. The Bertz CT molecular complexity index is 748. The van der Waals surface area contributed by atoms with Gasteiger partial charge >= 0.3 is 0 Å². The van der Waals surface area contributed by atoms with Gasteiger partial charge in [0.25, 0.3) is 5.91 Å². The molecule has 7 heteroatoms. The van der Waals surface area contributed by atoms with E-state index in [2.05, 4.69) is 20.3 Å². The lowest BCUT2D eigenvalue weighted by molar-refractivity contribution is 0.0510. The molecule has 0 radical (unpaired) electrons. The maximum Gasteiger partial charge on any atom is 0.291 e. The van der Waals surface area contributed by atoms with Gasteiger partial charge in [-0.1, -0.05) is 0 Å². The fourth-order valence-electron chi connectivity index (χ4n) is 3.62. The summed E-state index contributed by atoms with van der Waals surface area (Å²) in [6, 6.07) is 5.97. The second-order valence-corrected chi connectivity index (χ2v) is 6.70. The van der Waals surface area contributed by atoms with Crippen molar-refractivity contribution in [2.45, 2.75) is 31.7 Å². The van der Waals surface area contributed by atoms with Crippen LogP contribution in [-0.2, 0) is 0 Å². The quantitative estimate of drug-likeness (QED) is 0.931. The lowest BCUT2D eigenvalue weighted by atomic mass is 9.80. The van der Waals surface area contributed by atoms with Crippen molar-refractivity contribution >= 4 is 5.91 Å². The highest BCUT2D eigenvalue weighted by Gasteiger charge is 2.41. The monoisotopic (exact) mass is 329 g/mol. The van der Waals surface area contributed by atoms with Crippen molar-refractivity contribution in [1.82, 2.24) is 25.0 Å². The maximum atomic E-state index is 13.1. The number of nitrogens with one attached hydrogen (secondary N) is 1. The number of amides is 1. The first-order chi connectivity index (χ1) is 11.5. The number of hydrogen-bond donors (Lipinski definition) is 1. The molecule has 0 saturated carbocycles. The molecule has 0 atom stereocenters. The van der Waals surface area contributed by atoms with Crippen LogP contribution in [0, 0.1) is 12.7 Å². The molecule has 4 heterocycles. The lowest BCUT2D eigenvalue weighted by Crippen LogP contribution is -2.61. The van der Waals surface area contributed by atoms with E-state index in [1.54, 1.807) is 23.7 Å². The predicted octanol–water partition coefficient (Wildman–Crippen LogP) is 1.68. The zero-order valence-electron chi connectivity index (χ0n) is 13.6. The van der Waals surface area contributed by atoms with Crippen LogP contribution in [0.3, 0.4) is 0 Å². The summed E-state index contributed by atoms with van der Waals surface area (Å²) in [5.74, 6) is 0.230. The molecule has 2 bridgehead atoms. The van der Waals surface area contributed by atoms with Crippen molar-refractivity contribution in [1.29, 1.82) is 0 Å². The standard InChI is InChI=1S/C17H20FN5O/c1-12-19-15(21-23(12)14-4-2-13(18)3-5-14)16(24)20-17-6-9-22(10-7-17)11-8-17/h2-5H,6-11H2,1H3,(H,20,24). The number of hydrogen-bond acceptors (Lipinski definition) is 4. The molecule has 0 unspecified atom stereocenters. The van der Waals surface area contributed by atoms with Crippen molar-refractivity contribution in [3.63, 3.8) is 0 Å². The van der Waals surface area contributed by atoms with Gasteiger partial charge in [0.05, 0.1) is 5.69 Å². The number of carbonyl (C=O) groups is 1. The highest BCUT2D eigenvalue weighted by atomic mass is 19.1. The molecule has 1 aromatic heterocycles. The van der Waals surface area contributed by atoms with Crippen LogP contribution in [0.4, 0.5) is 4.39 Å². The van der Waals surface area contributed by atoms with E-state index in [4.69, 9.17) is 0 Å². The van der Waals surface area contributed by atoms with E-state index in [0.717, 1.165) is 38.9 Å². The summed E-state index contributed by atoms with van der Waals surface area (Å²) in [4.78, 5) is 19.3. The van der Waals surface area contributed by atoms with E-state index in [1.165, 1.54) is 12.1 Å². The van der Waals surface area contributed by atoms with Crippen LogP contribution >= 0.6 is 0 Å². The van der Waals surface area contributed by atoms with Crippen molar-refractivity contribution in [3.8, 4) is 5.69 Å². The summed E-state index contributed by atoms with van der Waals surface area (Å²) in [6.07, 6.45) is 2.95. The van der Waals surface area contributed by atoms with Gasteiger partial charge in [-0.2, -0.15) is 0 Å². The largest absolute Gasteiger partial charge is 0.344 e. The Morgan fingerprint density at radius 1 is 1.17 bits per heavy atom. The zero-order valence-corrected chi connectivity index (χ0v) is 13.6. The number of fused-ring (bicyclic) bond motifs is 3. The molecule has 5 rings (SSSR count). The van der Waals surface area contributed by atoms with Gasteiger partial charge in [-0.3, -0.25) is 4.79 Å². The van der Waals surface area contributed by atoms with E-state index in [0.29, 0.717) is 11.5 Å². The molecule has 3 aliphatic rings. The van der Waals surface area contributed by atoms with E-state index < -0.39 is 0 Å². The summed E-state index contributed by atoms with van der Waals surface area (Å²) >= 11 is 0. The van der Waals surface area contributed by atoms with Gasteiger partial charge in [0.2, 0.25) is 5.82 Å². The smallest absolute Gasteiger partial charge is 0.291 e. The van der Waals surface area contributed by atoms with Gasteiger partial charge in [-0.25, -0.2) is 14.1 Å². The molecule has 0 spiro atoms. The Morgan fingerprint density at radius 2 is 1.79 bits per heavy atom. The Labute approximate surface area is 139 Å². The van der Waals surface area contributed by atoms with Gasteiger partial charge in [0.1, 0.15) is 11.6 Å². The van der Waals surface area contributed by atoms with Crippen molar-refractivity contribution < 1.29 is 9.18 Å². The molecule has 1 N–H and O–H groups in total. The molecular formula is C17H20FN5O. The van der Waals surface area contributed by atoms with Crippen LogP contribution in [0.15, 0.2) is 24.3 Å². The van der Waals surface area contributed by atoms with Gasteiger partial charge in [0, 0.05) is 25.2 Å². The molecule has 24 heavy (non-hydrogen) atoms. The van der Waals surface area contributed by atoms with E-state index in [1.807, 2.05) is 0 Å². The lowest BCUT2D eigenvalue weighted by Gasteiger charge is -2.48. The molecule has 3 fully saturated rings. The summed E-state index contributed by atoms with van der Waals surface area (Å²) in [7, 11) is 0. The number of benzene rings is 1. The Morgan fingerprint density at radius 3 is 2.42 bits per heavy atom. The van der Waals surface area contributed by atoms with Crippen LogP contribution in [-0.4, -0.2) is 50.7 Å². The van der Waals surface area contributed by atoms with Gasteiger partial charge in [0.15, 0.2) is 0 Å². The van der Waals surface area contributed by atoms with Gasteiger partial charge in [-0.15, -0.1) is 5.10 Å². The predicted molar refractivity (Wildman–Crippen MR) is 86.5 cm³/mol. The third-order valence-corrected chi connectivity index (χ3v) is 5.14. The minimum Gasteiger partial charge on any atom is -0.344 e. The topological polar surface area (TPSA) is 63.1 Å². The number of nitrogens with zero attached hydrogens (tertiary/aromatic N) is 4. The minimum absolute atomic E-state index is 0.110. The average Bonchev–Trinajstić information content (AvgIpc) is 2.99. The van der Waals surface area contributed by atoms with E-state index in [9.17, 15) is 9.18 Å². The van der Waals surface area contributed by atoms with Crippen molar-refractivity contribution in [2.24, 2.45) is 0 Å². The summed E-state index contributed by atoms with van der Waals surface area (Å²) in [5, 5.41) is 7.49. The Kier molecular flexibility index (Phi) is 3.60. The number of carbonyl (C=O) groups excluding carboxylic acids is 1. The van der Waals surface area contributed by atoms with E-state index >= 15 is 0 Å². The first-order valence-electron chi connectivity index (χ1n) is 8.29. The van der Waals surface area contributed by atoms with Gasteiger partial charge in [-0.05, 0) is 50.5 Å². The molecular weight excluding hydrogens is 309 g/mol. The third-order valence-electron chi connectivity index (χ3n) is 5.14. The van der Waals surface area contributed by atoms with Crippen molar-refractivity contribution in [2.75, 3.05) is 19.6 Å². The van der Waals surface area contributed by atoms with Crippen LogP contribution in [0.5, 0.6) is 0 Å². The highest BCUT2D eigenvalue weighted by Crippen LogP contribution is 2.31. The van der Waals surface area contributed by atoms with E-state index in [-0.39, 0.29) is 23.1 Å². The molecule has 126 valence electrons. The normalized spacial score (nSPS) is 25.7. The van der Waals surface area contributed by atoms with Crippen LogP contribution < -0.4 is 5.32 Å². The molecule has 6 nitrogen and oxygen atoms in total. The maximum absolute atomic E-state index is 13.1.